The van der Waals surface area contributed by atoms with Crippen LogP contribution in [0, 0.1) is 5.92 Å². The van der Waals surface area contributed by atoms with Gasteiger partial charge in [-0.05, 0) is 61.4 Å². The first-order valence-electron chi connectivity index (χ1n) is 12.0. The largest absolute Gasteiger partial charge is 0.493 e. The molecule has 0 spiro atoms. The number of amides is 2. The van der Waals surface area contributed by atoms with E-state index < -0.39 is 0 Å². The van der Waals surface area contributed by atoms with Crippen LogP contribution in [-0.2, 0) is 11.3 Å². The van der Waals surface area contributed by atoms with Gasteiger partial charge in [-0.3, -0.25) is 14.6 Å². The summed E-state index contributed by atoms with van der Waals surface area (Å²) in [7, 11) is 1.61. The minimum atomic E-state index is -0.229. The number of benzene rings is 2. The fourth-order valence-electron chi connectivity index (χ4n) is 4.11. The fourth-order valence-corrected chi connectivity index (χ4v) is 4.11. The highest BCUT2D eigenvalue weighted by atomic mass is 16.5. The maximum Gasteiger partial charge on any atom is 0.257 e. The summed E-state index contributed by atoms with van der Waals surface area (Å²) in [6.07, 6.45) is 4.34. The highest BCUT2D eigenvalue weighted by molar-refractivity contribution is 6.06. The maximum absolute atomic E-state index is 12.9. The van der Waals surface area contributed by atoms with Gasteiger partial charge in [0.25, 0.3) is 5.91 Å². The van der Waals surface area contributed by atoms with Crippen LogP contribution in [0.5, 0.6) is 11.5 Å². The van der Waals surface area contributed by atoms with Gasteiger partial charge in [0, 0.05) is 36.0 Å². The summed E-state index contributed by atoms with van der Waals surface area (Å²) in [4.78, 5) is 29.2. The van der Waals surface area contributed by atoms with Crippen LogP contribution in [0.4, 0.5) is 5.69 Å². The molecule has 1 unspecified atom stereocenters. The van der Waals surface area contributed by atoms with Gasteiger partial charge in [0.1, 0.15) is 0 Å². The van der Waals surface area contributed by atoms with Crippen LogP contribution >= 0.6 is 0 Å². The third-order valence-corrected chi connectivity index (χ3v) is 6.04. The third-order valence-electron chi connectivity index (χ3n) is 6.04. The van der Waals surface area contributed by atoms with Crippen LogP contribution in [0.1, 0.15) is 48.2 Å². The van der Waals surface area contributed by atoms with Gasteiger partial charge in [0.05, 0.1) is 31.5 Å². The lowest BCUT2D eigenvalue weighted by molar-refractivity contribution is -0.133. The topological polar surface area (TPSA) is 93.1 Å². The second-order valence-electron chi connectivity index (χ2n) is 8.44. The van der Waals surface area contributed by atoms with Crippen LogP contribution in [0.15, 0.2) is 72.1 Å². The summed E-state index contributed by atoms with van der Waals surface area (Å²) >= 11 is 0. The van der Waals surface area contributed by atoms with E-state index in [9.17, 15) is 9.59 Å². The summed E-state index contributed by atoms with van der Waals surface area (Å²) in [5.41, 5.74) is 3.83. The molecule has 0 saturated heterocycles. The number of anilines is 1. The van der Waals surface area contributed by atoms with Gasteiger partial charge in [-0.15, -0.1) is 0 Å². The Labute approximate surface area is 210 Å². The molecule has 8 nitrogen and oxygen atoms in total. The lowest BCUT2D eigenvalue weighted by Crippen LogP contribution is -2.36. The molecule has 0 radical (unpaired) electrons. The first kappa shape index (κ1) is 24.9. The van der Waals surface area contributed by atoms with E-state index in [-0.39, 0.29) is 17.7 Å². The normalized spacial score (nSPS) is 15.3. The van der Waals surface area contributed by atoms with Crippen molar-refractivity contribution in [1.29, 1.82) is 0 Å². The second-order valence-corrected chi connectivity index (χ2v) is 8.44. The Hall–Kier alpha value is -4.20. The molecule has 0 aliphatic carbocycles. The number of nitrogens with one attached hydrogen (secondary N) is 1. The fraction of sp³-hybridized carbons (Fsp3) is 0.286. The molecular weight excluding hydrogens is 456 g/mol. The van der Waals surface area contributed by atoms with Crippen molar-refractivity contribution in [1.82, 2.24) is 9.99 Å². The summed E-state index contributed by atoms with van der Waals surface area (Å²) in [6.45, 7) is 4.85. The molecule has 186 valence electrons. The van der Waals surface area contributed by atoms with E-state index in [0.717, 1.165) is 23.3 Å². The summed E-state index contributed by atoms with van der Waals surface area (Å²) in [6, 6.07) is 16.6. The molecule has 3 aromatic rings. The van der Waals surface area contributed by atoms with Crippen LogP contribution in [0.2, 0.25) is 0 Å². The number of nitrogens with zero attached hydrogens (tertiary/aromatic N) is 3. The minimum absolute atomic E-state index is 0.0156. The lowest BCUT2D eigenvalue weighted by Gasteiger charge is -2.29. The minimum Gasteiger partial charge on any atom is -0.493 e. The number of ether oxygens (including phenoxy) is 2. The molecule has 1 atom stereocenters. The number of methoxy groups -OCH3 is 1. The molecule has 0 saturated carbocycles. The van der Waals surface area contributed by atoms with Gasteiger partial charge in [-0.2, -0.15) is 5.10 Å². The SMILES string of the molecule is CCOc1cc(C2=NN(Cc3ccc(NC(=O)c4cccnc4)cc3)C(=O)CC2CC)ccc1OC. The Morgan fingerprint density at radius 1 is 1.11 bits per heavy atom. The molecular formula is C28H30N4O4. The van der Waals surface area contributed by atoms with Crippen molar-refractivity contribution < 1.29 is 19.1 Å². The molecule has 2 aromatic carbocycles. The van der Waals surface area contributed by atoms with Gasteiger partial charge < -0.3 is 14.8 Å². The second kappa shape index (κ2) is 11.5. The molecule has 2 amide bonds. The Morgan fingerprint density at radius 3 is 2.58 bits per heavy atom. The molecule has 1 aromatic heterocycles. The first-order valence-corrected chi connectivity index (χ1v) is 12.0. The Bertz CT molecular complexity index is 1240. The number of hydrazone groups is 1. The van der Waals surface area contributed by atoms with Gasteiger partial charge in [0.2, 0.25) is 5.91 Å². The smallest absolute Gasteiger partial charge is 0.257 e. The van der Waals surface area contributed by atoms with E-state index in [1.54, 1.807) is 25.4 Å². The van der Waals surface area contributed by atoms with Gasteiger partial charge >= 0.3 is 0 Å². The highest BCUT2D eigenvalue weighted by Gasteiger charge is 2.29. The molecule has 0 fully saturated rings. The van der Waals surface area contributed by atoms with Crippen molar-refractivity contribution in [2.75, 3.05) is 19.0 Å². The van der Waals surface area contributed by atoms with Crippen molar-refractivity contribution >= 4 is 23.2 Å². The zero-order valence-corrected chi connectivity index (χ0v) is 20.7. The summed E-state index contributed by atoms with van der Waals surface area (Å²) < 4.78 is 11.2. The summed E-state index contributed by atoms with van der Waals surface area (Å²) in [5, 5.41) is 9.15. The number of carbonyl (C=O) groups is 2. The van der Waals surface area contributed by atoms with E-state index in [2.05, 4.69) is 17.2 Å². The predicted molar refractivity (Wildman–Crippen MR) is 138 cm³/mol. The average Bonchev–Trinajstić information content (AvgIpc) is 2.91. The first-order chi connectivity index (χ1) is 17.5. The van der Waals surface area contributed by atoms with E-state index in [0.29, 0.717) is 42.3 Å². The van der Waals surface area contributed by atoms with E-state index in [1.165, 1.54) is 11.2 Å². The maximum atomic E-state index is 12.9. The monoisotopic (exact) mass is 486 g/mol. The predicted octanol–water partition coefficient (Wildman–Crippen LogP) is 4.90. The van der Waals surface area contributed by atoms with Gasteiger partial charge in [-0.25, -0.2) is 5.01 Å². The number of pyridine rings is 1. The summed E-state index contributed by atoms with van der Waals surface area (Å²) in [5.74, 6) is 1.10. The van der Waals surface area contributed by atoms with Gasteiger partial charge in [0.15, 0.2) is 11.5 Å². The molecule has 0 bridgehead atoms. The zero-order valence-electron chi connectivity index (χ0n) is 20.7. The average molecular weight is 487 g/mol. The number of carbonyl (C=O) groups excluding carboxylic acids is 2. The quantitative estimate of drug-likeness (QED) is 0.464. The lowest BCUT2D eigenvalue weighted by atomic mass is 9.89. The van der Waals surface area contributed by atoms with Crippen LogP contribution in [0.25, 0.3) is 0 Å². The van der Waals surface area contributed by atoms with Gasteiger partial charge in [-0.1, -0.05) is 19.1 Å². The van der Waals surface area contributed by atoms with E-state index in [1.807, 2.05) is 49.4 Å². The Kier molecular flexibility index (Phi) is 7.95. The molecule has 4 rings (SSSR count). The van der Waals surface area contributed by atoms with Crippen molar-refractivity contribution in [3.8, 4) is 11.5 Å². The van der Waals surface area contributed by atoms with Crippen molar-refractivity contribution in [2.45, 2.75) is 33.2 Å². The van der Waals surface area contributed by atoms with Crippen molar-refractivity contribution in [3.63, 3.8) is 0 Å². The third kappa shape index (κ3) is 5.71. The van der Waals surface area contributed by atoms with Crippen LogP contribution < -0.4 is 14.8 Å². The molecule has 2 heterocycles. The molecule has 1 N–H and O–H groups in total. The van der Waals surface area contributed by atoms with E-state index in [4.69, 9.17) is 14.6 Å². The van der Waals surface area contributed by atoms with Crippen LogP contribution in [0.3, 0.4) is 0 Å². The Balaban J connectivity index is 1.52. The molecule has 1 aliphatic heterocycles. The number of aromatic nitrogens is 1. The number of hydrogen-bond acceptors (Lipinski definition) is 6. The zero-order chi connectivity index (χ0) is 25.5. The molecule has 36 heavy (non-hydrogen) atoms. The molecule has 1 aliphatic rings. The standard InChI is InChI=1S/C28H30N4O4/c1-4-20-16-26(33)32(31-27(20)21-10-13-24(35-3)25(15-21)36-5-2)18-19-8-11-23(12-9-19)30-28(34)22-7-6-14-29-17-22/h6-15,17,20H,4-5,16,18H2,1-3H3,(H,30,34). The van der Waals surface area contributed by atoms with Crippen molar-refractivity contribution in [2.24, 2.45) is 11.0 Å². The number of hydrogen-bond donors (Lipinski definition) is 1. The van der Waals surface area contributed by atoms with E-state index >= 15 is 0 Å². The molecule has 8 heteroatoms. The highest BCUT2D eigenvalue weighted by Crippen LogP contribution is 2.32. The van der Waals surface area contributed by atoms with Crippen LogP contribution in [-0.4, -0.2) is 41.2 Å². The Morgan fingerprint density at radius 2 is 1.92 bits per heavy atom. The number of rotatable bonds is 9. The van der Waals surface area contributed by atoms with Crippen molar-refractivity contribution in [3.05, 3.63) is 83.7 Å².